The van der Waals surface area contributed by atoms with Crippen LogP contribution in [0.3, 0.4) is 0 Å². The van der Waals surface area contributed by atoms with E-state index in [2.05, 4.69) is 34.1 Å². The van der Waals surface area contributed by atoms with Crippen LogP contribution in [0.2, 0.25) is 0 Å². The Bertz CT molecular complexity index is 435. The van der Waals surface area contributed by atoms with Gasteiger partial charge in [-0.2, -0.15) is 0 Å². The standard InChI is InChI=1S/C18H28N2O2/c21-17-7-11-20(12-8-17)15-16-3-5-18(6-4-16)22-14-13-19-9-1-2-10-19/h3-6,17,21H,1-2,7-15H2. The smallest absolute Gasteiger partial charge is 0.119 e. The number of benzene rings is 1. The third-order valence-electron chi connectivity index (χ3n) is 4.76. The molecule has 1 N–H and O–H groups in total. The van der Waals surface area contributed by atoms with E-state index in [9.17, 15) is 5.11 Å². The van der Waals surface area contributed by atoms with Gasteiger partial charge in [0.05, 0.1) is 6.10 Å². The number of aliphatic hydroxyl groups is 1. The number of hydrogen-bond acceptors (Lipinski definition) is 4. The van der Waals surface area contributed by atoms with E-state index in [1.807, 2.05) is 0 Å². The van der Waals surface area contributed by atoms with Crippen LogP contribution in [0, 0.1) is 0 Å². The number of nitrogens with zero attached hydrogens (tertiary/aromatic N) is 2. The zero-order chi connectivity index (χ0) is 15.2. The van der Waals surface area contributed by atoms with Crippen molar-refractivity contribution >= 4 is 0 Å². The quantitative estimate of drug-likeness (QED) is 0.873. The predicted octanol–water partition coefficient (Wildman–Crippen LogP) is 2.12. The number of rotatable bonds is 6. The summed E-state index contributed by atoms with van der Waals surface area (Å²) in [5.41, 5.74) is 1.32. The highest BCUT2D eigenvalue weighted by Crippen LogP contribution is 2.17. The summed E-state index contributed by atoms with van der Waals surface area (Å²) in [6.07, 6.45) is 4.38. The largest absolute Gasteiger partial charge is 0.492 e. The maximum absolute atomic E-state index is 9.54. The van der Waals surface area contributed by atoms with Gasteiger partial charge in [0.2, 0.25) is 0 Å². The highest BCUT2D eigenvalue weighted by Gasteiger charge is 2.16. The lowest BCUT2D eigenvalue weighted by Gasteiger charge is -2.29. The lowest BCUT2D eigenvalue weighted by molar-refractivity contribution is 0.0792. The topological polar surface area (TPSA) is 35.9 Å². The molecule has 2 heterocycles. The van der Waals surface area contributed by atoms with E-state index in [-0.39, 0.29) is 6.10 Å². The summed E-state index contributed by atoms with van der Waals surface area (Å²) >= 11 is 0. The van der Waals surface area contributed by atoms with Gasteiger partial charge >= 0.3 is 0 Å². The van der Waals surface area contributed by atoms with Gasteiger partial charge in [-0.1, -0.05) is 12.1 Å². The normalized spacial score (nSPS) is 21.3. The van der Waals surface area contributed by atoms with Crippen molar-refractivity contribution in [1.82, 2.24) is 9.80 Å². The maximum Gasteiger partial charge on any atom is 0.119 e. The molecular formula is C18H28N2O2. The molecule has 1 aromatic rings. The van der Waals surface area contributed by atoms with E-state index in [0.717, 1.165) is 51.4 Å². The molecule has 0 atom stereocenters. The van der Waals surface area contributed by atoms with Crippen molar-refractivity contribution < 1.29 is 9.84 Å². The molecular weight excluding hydrogens is 276 g/mol. The molecule has 2 aliphatic heterocycles. The van der Waals surface area contributed by atoms with Crippen molar-refractivity contribution in [2.75, 3.05) is 39.3 Å². The van der Waals surface area contributed by atoms with Gasteiger partial charge in [0, 0.05) is 26.2 Å². The molecule has 1 aromatic carbocycles. The first-order valence-corrected chi connectivity index (χ1v) is 8.64. The molecule has 0 amide bonds. The van der Waals surface area contributed by atoms with Crippen molar-refractivity contribution in [3.8, 4) is 5.75 Å². The van der Waals surface area contributed by atoms with Gasteiger partial charge in [-0.3, -0.25) is 9.80 Å². The fourth-order valence-electron chi connectivity index (χ4n) is 3.33. The minimum absolute atomic E-state index is 0.0948. The predicted molar refractivity (Wildman–Crippen MR) is 88.1 cm³/mol. The van der Waals surface area contributed by atoms with Crippen molar-refractivity contribution in [3.05, 3.63) is 29.8 Å². The summed E-state index contributed by atoms with van der Waals surface area (Å²) in [5, 5.41) is 9.54. The van der Waals surface area contributed by atoms with E-state index in [0.29, 0.717) is 0 Å². The molecule has 0 bridgehead atoms. The molecule has 0 unspecified atom stereocenters. The van der Waals surface area contributed by atoms with Gasteiger partial charge < -0.3 is 9.84 Å². The minimum atomic E-state index is -0.0948. The summed E-state index contributed by atoms with van der Waals surface area (Å²) in [4.78, 5) is 4.88. The van der Waals surface area contributed by atoms with E-state index in [1.54, 1.807) is 0 Å². The highest BCUT2D eigenvalue weighted by molar-refractivity contribution is 5.27. The Morgan fingerprint density at radius 2 is 1.64 bits per heavy atom. The Morgan fingerprint density at radius 3 is 2.32 bits per heavy atom. The zero-order valence-electron chi connectivity index (χ0n) is 13.4. The fraction of sp³-hybridized carbons (Fsp3) is 0.667. The fourth-order valence-corrected chi connectivity index (χ4v) is 3.33. The Balaban J connectivity index is 1.39. The third kappa shape index (κ3) is 4.70. The van der Waals surface area contributed by atoms with Crippen molar-refractivity contribution in [1.29, 1.82) is 0 Å². The van der Waals surface area contributed by atoms with Gasteiger partial charge in [0.1, 0.15) is 12.4 Å². The van der Waals surface area contributed by atoms with Gasteiger partial charge in [-0.15, -0.1) is 0 Å². The van der Waals surface area contributed by atoms with Gasteiger partial charge in [0.15, 0.2) is 0 Å². The molecule has 0 saturated carbocycles. The van der Waals surface area contributed by atoms with E-state index in [1.165, 1.54) is 31.5 Å². The molecule has 0 aromatic heterocycles. The minimum Gasteiger partial charge on any atom is -0.492 e. The van der Waals surface area contributed by atoms with Gasteiger partial charge in [-0.25, -0.2) is 0 Å². The van der Waals surface area contributed by atoms with Crippen LogP contribution in [0.4, 0.5) is 0 Å². The van der Waals surface area contributed by atoms with Crippen molar-refractivity contribution in [2.45, 2.75) is 38.3 Å². The van der Waals surface area contributed by atoms with Crippen LogP contribution in [-0.2, 0) is 6.54 Å². The second kappa shape index (κ2) is 7.95. The number of likely N-dealkylation sites (tertiary alicyclic amines) is 2. The summed E-state index contributed by atoms with van der Waals surface area (Å²) in [6.45, 7) is 7.24. The van der Waals surface area contributed by atoms with E-state index < -0.39 is 0 Å². The average Bonchev–Trinajstić information content (AvgIpc) is 3.05. The molecule has 3 rings (SSSR count). The van der Waals surface area contributed by atoms with Gasteiger partial charge in [0.25, 0.3) is 0 Å². The Morgan fingerprint density at radius 1 is 0.955 bits per heavy atom. The number of hydrogen-bond donors (Lipinski definition) is 1. The van der Waals surface area contributed by atoms with Crippen LogP contribution >= 0.6 is 0 Å². The lowest BCUT2D eigenvalue weighted by Crippen LogP contribution is -2.35. The average molecular weight is 304 g/mol. The molecule has 22 heavy (non-hydrogen) atoms. The molecule has 4 heteroatoms. The first-order chi connectivity index (χ1) is 10.8. The third-order valence-corrected chi connectivity index (χ3v) is 4.76. The summed E-state index contributed by atoms with van der Waals surface area (Å²) in [7, 11) is 0. The second-order valence-corrected chi connectivity index (χ2v) is 6.55. The molecule has 0 aliphatic carbocycles. The second-order valence-electron chi connectivity index (χ2n) is 6.55. The summed E-state index contributed by atoms with van der Waals surface area (Å²) in [6, 6.07) is 8.49. The molecule has 0 spiro atoms. The monoisotopic (exact) mass is 304 g/mol. The van der Waals surface area contributed by atoms with Crippen LogP contribution in [0.1, 0.15) is 31.2 Å². The molecule has 4 nitrogen and oxygen atoms in total. The van der Waals surface area contributed by atoms with Crippen LogP contribution < -0.4 is 4.74 Å². The molecule has 122 valence electrons. The Labute approximate surface area is 133 Å². The van der Waals surface area contributed by atoms with E-state index in [4.69, 9.17) is 4.74 Å². The Hall–Kier alpha value is -1.10. The molecule has 2 saturated heterocycles. The lowest BCUT2D eigenvalue weighted by atomic mass is 10.1. The van der Waals surface area contributed by atoms with Gasteiger partial charge in [-0.05, 0) is 56.5 Å². The number of piperidine rings is 1. The first kappa shape index (κ1) is 15.8. The van der Waals surface area contributed by atoms with E-state index >= 15 is 0 Å². The van der Waals surface area contributed by atoms with Crippen LogP contribution in [0.15, 0.2) is 24.3 Å². The molecule has 0 radical (unpaired) electrons. The number of ether oxygens (including phenoxy) is 1. The summed E-state index contributed by atoms with van der Waals surface area (Å²) in [5.74, 6) is 0.969. The highest BCUT2D eigenvalue weighted by atomic mass is 16.5. The first-order valence-electron chi connectivity index (χ1n) is 8.64. The zero-order valence-corrected chi connectivity index (χ0v) is 13.4. The molecule has 2 fully saturated rings. The van der Waals surface area contributed by atoms with Crippen molar-refractivity contribution in [3.63, 3.8) is 0 Å². The number of aliphatic hydroxyl groups excluding tert-OH is 1. The van der Waals surface area contributed by atoms with Crippen LogP contribution in [0.5, 0.6) is 5.75 Å². The maximum atomic E-state index is 9.54. The molecule has 2 aliphatic rings. The SMILES string of the molecule is OC1CCN(Cc2ccc(OCCN3CCCC3)cc2)CC1. The van der Waals surface area contributed by atoms with Crippen LogP contribution in [0.25, 0.3) is 0 Å². The summed E-state index contributed by atoms with van der Waals surface area (Å²) < 4.78 is 5.84. The van der Waals surface area contributed by atoms with Crippen molar-refractivity contribution in [2.24, 2.45) is 0 Å². The van der Waals surface area contributed by atoms with Crippen LogP contribution in [-0.4, -0.2) is 60.3 Å². The Kier molecular flexibility index (Phi) is 5.70.